The van der Waals surface area contributed by atoms with Gasteiger partial charge in [-0.15, -0.1) is 0 Å². The molecule has 0 unspecified atom stereocenters. The minimum atomic E-state index is 0.308. The van der Waals surface area contributed by atoms with Crippen LogP contribution in [0.5, 0.6) is 5.75 Å². The molecule has 0 bridgehead atoms. The second-order valence-corrected chi connectivity index (χ2v) is 7.80. The summed E-state index contributed by atoms with van der Waals surface area (Å²) in [5.74, 6) is 0.764. The number of benzene rings is 4. The highest BCUT2D eigenvalue weighted by Crippen LogP contribution is 2.31. The zero-order valence-corrected chi connectivity index (χ0v) is 16.5. The summed E-state index contributed by atoms with van der Waals surface area (Å²) in [6.45, 7) is 4.46. The van der Waals surface area contributed by atoms with Gasteiger partial charge in [0.2, 0.25) is 0 Å². The van der Waals surface area contributed by atoms with E-state index in [1.54, 1.807) is 12.1 Å². The van der Waals surface area contributed by atoms with Gasteiger partial charge in [0, 0.05) is 0 Å². The van der Waals surface area contributed by atoms with Gasteiger partial charge in [0.25, 0.3) is 0 Å². The molecule has 0 radical (unpaired) electrons. The molecule has 0 aliphatic heterocycles. The highest BCUT2D eigenvalue weighted by atomic mass is 16.3. The number of hydrogen-bond acceptors (Lipinski definition) is 1. The SMILES string of the molecule is CC(C)c1ccc(CCc2ccc3ccccc3c2)cc1-c1ccc(O)cc1. The van der Waals surface area contributed by atoms with E-state index in [-0.39, 0.29) is 0 Å². The Kier molecular flexibility index (Phi) is 5.16. The largest absolute Gasteiger partial charge is 0.508 e. The molecule has 1 heteroatoms. The number of phenolic OH excluding ortho intramolecular Hbond substituents is 1. The van der Waals surface area contributed by atoms with Crippen molar-refractivity contribution in [3.63, 3.8) is 0 Å². The van der Waals surface area contributed by atoms with Gasteiger partial charge in [0.05, 0.1) is 0 Å². The van der Waals surface area contributed by atoms with Gasteiger partial charge in [-0.1, -0.05) is 86.6 Å². The molecular formula is C27H26O. The Hall–Kier alpha value is -3.06. The van der Waals surface area contributed by atoms with E-state index in [9.17, 15) is 5.11 Å². The molecule has 0 aliphatic carbocycles. The van der Waals surface area contributed by atoms with Gasteiger partial charge in [-0.05, 0) is 69.5 Å². The lowest BCUT2D eigenvalue weighted by Crippen LogP contribution is -1.97. The van der Waals surface area contributed by atoms with Gasteiger partial charge < -0.3 is 5.11 Å². The van der Waals surface area contributed by atoms with E-state index in [1.807, 2.05) is 12.1 Å². The molecule has 0 spiro atoms. The summed E-state index contributed by atoms with van der Waals surface area (Å²) in [4.78, 5) is 0. The highest BCUT2D eigenvalue weighted by molar-refractivity contribution is 5.83. The molecule has 0 aromatic heterocycles. The summed E-state index contributed by atoms with van der Waals surface area (Å²) < 4.78 is 0. The van der Waals surface area contributed by atoms with Crippen molar-refractivity contribution in [2.24, 2.45) is 0 Å². The van der Waals surface area contributed by atoms with Gasteiger partial charge in [0.1, 0.15) is 5.75 Å². The lowest BCUT2D eigenvalue weighted by Gasteiger charge is -2.15. The minimum absolute atomic E-state index is 0.308. The first kappa shape index (κ1) is 18.3. The Bertz CT molecular complexity index is 1090. The topological polar surface area (TPSA) is 20.2 Å². The van der Waals surface area contributed by atoms with E-state index in [0.717, 1.165) is 18.4 Å². The first-order valence-corrected chi connectivity index (χ1v) is 10.00. The van der Waals surface area contributed by atoms with Crippen molar-refractivity contribution in [2.75, 3.05) is 0 Å². The number of rotatable bonds is 5. The zero-order chi connectivity index (χ0) is 19.5. The molecule has 4 aromatic carbocycles. The zero-order valence-electron chi connectivity index (χ0n) is 16.5. The van der Waals surface area contributed by atoms with Crippen molar-refractivity contribution < 1.29 is 5.11 Å². The first-order chi connectivity index (χ1) is 13.6. The molecule has 1 nitrogen and oxygen atoms in total. The van der Waals surface area contributed by atoms with Crippen molar-refractivity contribution in [3.05, 3.63) is 102 Å². The number of phenols is 1. The quantitative estimate of drug-likeness (QED) is 0.398. The van der Waals surface area contributed by atoms with Crippen LogP contribution in [0.3, 0.4) is 0 Å². The van der Waals surface area contributed by atoms with Gasteiger partial charge >= 0.3 is 0 Å². The lowest BCUT2D eigenvalue weighted by atomic mass is 9.89. The second-order valence-electron chi connectivity index (χ2n) is 7.80. The smallest absolute Gasteiger partial charge is 0.115 e. The molecule has 0 amide bonds. The van der Waals surface area contributed by atoms with E-state index in [1.165, 1.54) is 33.0 Å². The number of hydrogen-bond donors (Lipinski definition) is 1. The molecule has 0 saturated heterocycles. The van der Waals surface area contributed by atoms with Crippen molar-refractivity contribution in [3.8, 4) is 16.9 Å². The van der Waals surface area contributed by atoms with Crippen LogP contribution in [0.15, 0.2) is 84.9 Å². The third-order valence-corrected chi connectivity index (χ3v) is 5.43. The van der Waals surface area contributed by atoms with E-state index in [0.29, 0.717) is 11.7 Å². The summed E-state index contributed by atoms with van der Waals surface area (Å²) >= 11 is 0. The van der Waals surface area contributed by atoms with Gasteiger partial charge in [0.15, 0.2) is 0 Å². The molecule has 4 aromatic rings. The van der Waals surface area contributed by atoms with Crippen molar-refractivity contribution in [1.82, 2.24) is 0 Å². The van der Waals surface area contributed by atoms with E-state index < -0.39 is 0 Å². The monoisotopic (exact) mass is 366 g/mol. The van der Waals surface area contributed by atoms with Crippen LogP contribution >= 0.6 is 0 Å². The van der Waals surface area contributed by atoms with E-state index in [2.05, 4.69) is 74.5 Å². The number of aromatic hydroxyl groups is 1. The van der Waals surface area contributed by atoms with Crippen molar-refractivity contribution >= 4 is 10.8 Å². The van der Waals surface area contributed by atoms with Crippen molar-refractivity contribution in [1.29, 1.82) is 0 Å². The van der Waals surface area contributed by atoms with Crippen LogP contribution in [-0.4, -0.2) is 5.11 Å². The maximum atomic E-state index is 9.62. The van der Waals surface area contributed by atoms with E-state index >= 15 is 0 Å². The van der Waals surface area contributed by atoms with Crippen molar-refractivity contribution in [2.45, 2.75) is 32.6 Å². The molecule has 28 heavy (non-hydrogen) atoms. The molecule has 0 saturated carbocycles. The molecule has 4 rings (SSSR count). The van der Waals surface area contributed by atoms with Crippen LogP contribution in [0.25, 0.3) is 21.9 Å². The summed E-state index contributed by atoms with van der Waals surface area (Å²) in [5, 5.41) is 12.2. The van der Waals surface area contributed by atoms with Crippen LogP contribution < -0.4 is 0 Å². The summed E-state index contributed by atoms with van der Waals surface area (Å²) in [6.07, 6.45) is 2.04. The molecule has 0 atom stereocenters. The Morgan fingerprint density at radius 1 is 0.679 bits per heavy atom. The molecule has 0 aliphatic rings. The standard InChI is InChI=1S/C27H26O/c1-19(2)26-16-10-21(18-27(26)23-12-14-25(28)15-13-23)8-7-20-9-11-22-5-3-4-6-24(22)17-20/h3-6,9-19,28H,7-8H2,1-2H3. The first-order valence-electron chi connectivity index (χ1n) is 10.00. The Balaban J connectivity index is 1.60. The fourth-order valence-electron chi connectivity index (χ4n) is 3.84. The molecule has 140 valence electrons. The van der Waals surface area contributed by atoms with Crippen LogP contribution in [0, 0.1) is 0 Å². The normalized spacial score (nSPS) is 11.2. The summed E-state index contributed by atoms with van der Waals surface area (Å²) in [5.41, 5.74) is 6.50. The Morgan fingerprint density at radius 2 is 1.32 bits per heavy atom. The predicted molar refractivity (Wildman–Crippen MR) is 119 cm³/mol. The molecule has 1 N–H and O–H groups in total. The fraction of sp³-hybridized carbons (Fsp3) is 0.185. The molecule has 0 fully saturated rings. The van der Waals surface area contributed by atoms with Crippen LogP contribution in [0.2, 0.25) is 0 Å². The third kappa shape index (κ3) is 3.94. The second kappa shape index (κ2) is 7.90. The molecule has 0 heterocycles. The average molecular weight is 367 g/mol. The number of aryl methyl sites for hydroxylation is 2. The summed E-state index contributed by atoms with van der Waals surface area (Å²) in [6, 6.07) is 29.7. The van der Waals surface area contributed by atoms with Crippen LogP contribution in [0.4, 0.5) is 0 Å². The predicted octanol–water partition coefficient (Wildman–Crippen LogP) is 7.12. The summed E-state index contributed by atoms with van der Waals surface area (Å²) in [7, 11) is 0. The van der Waals surface area contributed by atoms with Gasteiger partial charge in [-0.3, -0.25) is 0 Å². The molecular weight excluding hydrogens is 340 g/mol. The van der Waals surface area contributed by atoms with Gasteiger partial charge in [-0.2, -0.15) is 0 Å². The fourth-order valence-corrected chi connectivity index (χ4v) is 3.84. The maximum Gasteiger partial charge on any atom is 0.115 e. The lowest BCUT2D eigenvalue weighted by molar-refractivity contribution is 0.475. The third-order valence-electron chi connectivity index (χ3n) is 5.43. The Labute approximate surface area is 167 Å². The highest BCUT2D eigenvalue weighted by Gasteiger charge is 2.10. The number of fused-ring (bicyclic) bond motifs is 1. The minimum Gasteiger partial charge on any atom is -0.508 e. The van der Waals surface area contributed by atoms with Gasteiger partial charge in [-0.25, -0.2) is 0 Å². The van der Waals surface area contributed by atoms with E-state index in [4.69, 9.17) is 0 Å². The Morgan fingerprint density at radius 3 is 2.04 bits per heavy atom. The van der Waals surface area contributed by atoms with Crippen LogP contribution in [0.1, 0.15) is 36.5 Å². The maximum absolute atomic E-state index is 9.62. The van der Waals surface area contributed by atoms with Crippen LogP contribution in [-0.2, 0) is 12.8 Å². The average Bonchev–Trinajstić information content (AvgIpc) is 2.72.